The lowest BCUT2D eigenvalue weighted by Crippen LogP contribution is -2.10. The fourth-order valence-corrected chi connectivity index (χ4v) is 3.52. The average Bonchev–Trinajstić information content (AvgIpc) is 2.35. The van der Waals surface area contributed by atoms with Gasteiger partial charge in [0.1, 0.15) is 0 Å². The van der Waals surface area contributed by atoms with Gasteiger partial charge in [0, 0.05) is 0 Å². The fourth-order valence-electron chi connectivity index (χ4n) is 3.52. The lowest BCUT2D eigenvalue weighted by Gasteiger charge is -2.27. The third-order valence-electron chi connectivity index (χ3n) is 4.67. The first-order chi connectivity index (χ1) is 8.15. The van der Waals surface area contributed by atoms with E-state index in [4.69, 9.17) is 0 Å². The lowest BCUT2D eigenvalue weighted by molar-refractivity contribution is 0.440. The van der Waals surface area contributed by atoms with Crippen LogP contribution in [0.4, 0.5) is 0 Å². The summed E-state index contributed by atoms with van der Waals surface area (Å²) in [4.78, 5) is 0. The van der Waals surface area contributed by atoms with Crippen molar-refractivity contribution in [1.29, 1.82) is 0 Å². The minimum absolute atomic E-state index is 0.842. The molecule has 94 valence electrons. The summed E-state index contributed by atoms with van der Waals surface area (Å²) in [6.07, 6.45) is 8.30. The highest BCUT2D eigenvalue weighted by Gasteiger charge is 2.21. The Labute approximate surface area is 106 Å². The van der Waals surface area contributed by atoms with Crippen molar-refractivity contribution in [2.45, 2.75) is 72.1 Å². The molecule has 1 aromatic carbocycles. The molecule has 0 amide bonds. The SMILES string of the molecule is CCc1cc(C)c(C)c(C2CCCCC2)c1C. The van der Waals surface area contributed by atoms with E-state index in [9.17, 15) is 0 Å². The van der Waals surface area contributed by atoms with Crippen LogP contribution < -0.4 is 0 Å². The smallest absolute Gasteiger partial charge is 0.0157 e. The van der Waals surface area contributed by atoms with Gasteiger partial charge in [-0.1, -0.05) is 32.3 Å². The van der Waals surface area contributed by atoms with Crippen LogP contribution in [0.5, 0.6) is 0 Å². The summed E-state index contributed by atoms with van der Waals surface area (Å²) in [6.45, 7) is 9.23. The Morgan fingerprint density at radius 2 is 1.65 bits per heavy atom. The van der Waals surface area contributed by atoms with E-state index in [1.54, 1.807) is 22.3 Å². The van der Waals surface area contributed by atoms with E-state index in [0.717, 1.165) is 5.92 Å². The third kappa shape index (κ3) is 2.41. The first-order valence-corrected chi connectivity index (χ1v) is 7.24. The molecule has 0 heteroatoms. The zero-order chi connectivity index (χ0) is 12.4. The summed E-state index contributed by atoms with van der Waals surface area (Å²) in [7, 11) is 0. The van der Waals surface area contributed by atoms with Crippen LogP contribution in [0, 0.1) is 20.8 Å². The Kier molecular flexibility index (Phi) is 3.91. The molecule has 0 radical (unpaired) electrons. The Hall–Kier alpha value is -0.780. The summed E-state index contributed by atoms with van der Waals surface area (Å²) >= 11 is 0. The first-order valence-electron chi connectivity index (χ1n) is 7.24. The van der Waals surface area contributed by atoms with Crippen molar-refractivity contribution >= 4 is 0 Å². The number of benzene rings is 1. The standard InChI is InChI=1S/C17H26/c1-5-15-11-12(2)13(3)17(14(15)4)16-9-7-6-8-10-16/h11,16H,5-10H2,1-4H3. The van der Waals surface area contributed by atoms with Crippen molar-refractivity contribution in [3.63, 3.8) is 0 Å². The molecule has 1 aliphatic rings. The molecule has 0 saturated heterocycles. The summed E-state index contributed by atoms with van der Waals surface area (Å²) in [5.74, 6) is 0.842. The van der Waals surface area contributed by atoms with Crippen LogP contribution >= 0.6 is 0 Å². The van der Waals surface area contributed by atoms with Crippen molar-refractivity contribution in [3.05, 3.63) is 33.9 Å². The molecule has 0 aliphatic heterocycles. The van der Waals surface area contributed by atoms with E-state index < -0.39 is 0 Å². The van der Waals surface area contributed by atoms with E-state index in [1.165, 1.54) is 44.1 Å². The Bertz CT molecular complexity index is 395. The molecule has 0 spiro atoms. The molecule has 0 nitrogen and oxygen atoms in total. The van der Waals surface area contributed by atoms with Gasteiger partial charge in [-0.15, -0.1) is 0 Å². The van der Waals surface area contributed by atoms with Crippen molar-refractivity contribution < 1.29 is 0 Å². The summed E-state index contributed by atoms with van der Waals surface area (Å²) in [5.41, 5.74) is 7.90. The molecule has 0 aromatic heterocycles. The van der Waals surface area contributed by atoms with Gasteiger partial charge in [-0.05, 0) is 73.8 Å². The van der Waals surface area contributed by atoms with E-state index in [1.807, 2.05) is 0 Å². The molecule has 0 bridgehead atoms. The number of aryl methyl sites for hydroxylation is 2. The molecule has 1 saturated carbocycles. The van der Waals surface area contributed by atoms with Gasteiger partial charge in [-0.2, -0.15) is 0 Å². The molecule has 0 unspecified atom stereocenters. The summed E-state index contributed by atoms with van der Waals surface area (Å²) in [5, 5.41) is 0. The fraction of sp³-hybridized carbons (Fsp3) is 0.647. The van der Waals surface area contributed by atoms with E-state index in [-0.39, 0.29) is 0 Å². The molecule has 1 aliphatic carbocycles. The van der Waals surface area contributed by atoms with Gasteiger partial charge in [0.15, 0.2) is 0 Å². The van der Waals surface area contributed by atoms with E-state index >= 15 is 0 Å². The van der Waals surface area contributed by atoms with Gasteiger partial charge in [-0.3, -0.25) is 0 Å². The van der Waals surface area contributed by atoms with E-state index in [0.29, 0.717) is 0 Å². The molecule has 2 rings (SSSR count). The van der Waals surface area contributed by atoms with Gasteiger partial charge in [0.05, 0.1) is 0 Å². The number of hydrogen-bond acceptors (Lipinski definition) is 0. The largest absolute Gasteiger partial charge is 0.0613 e. The maximum absolute atomic E-state index is 2.40. The van der Waals surface area contributed by atoms with Gasteiger partial charge >= 0.3 is 0 Å². The molecule has 0 N–H and O–H groups in total. The topological polar surface area (TPSA) is 0 Å². The molecule has 1 aromatic rings. The Morgan fingerprint density at radius 3 is 2.24 bits per heavy atom. The minimum atomic E-state index is 0.842. The molecule has 1 fully saturated rings. The van der Waals surface area contributed by atoms with Crippen LogP contribution in [0.3, 0.4) is 0 Å². The molecule has 17 heavy (non-hydrogen) atoms. The van der Waals surface area contributed by atoms with Gasteiger partial charge in [-0.25, -0.2) is 0 Å². The normalized spacial score (nSPS) is 17.4. The minimum Gasteiger partial charge on any atom is -0.0613 e. The zero-order valence-corrected chi connectivity index (χ0v) is 11.9. The highest BCUT2D eigenvalue weighted by molar-refractivity contribution is 5.46. The van der Waals surface area contributed by atoms with Crippen molar-refractivity contribution in [3.8, 4) is 0 Å². The van der Waals surface area contributed by atoms with Crippen LogP contribution in [-0.4, -0.2) is 0 Å². The maximum Gasteiger partial charge on any atom is -0.0157 e. The van der Waals surface area contributed by atoms with Gasteiger partial charge in [0.2, 0.25) is 0 Å². The predicted molar refractivity (Wildman–Crippen MR) is 75.9 cm³/mol. The monoisotopic (exact) mass is 230 g/mol. The van der Waals surface area contributed by atoms with Gasteiger partial charge < -0.3 is 0 Å². The molecule has 0 heterocycles. The molecular formula is C17H26. The highest BCUT2D eigenvalue weighted by atomic mass is 14.3. The van der Waals surface area contributed by atoms with Crippen LogP contribution in [0.2, 0.25) is 0 Å². The van der Waals surface area contributed by atoms with Gasteiger partial charge in [0.25, 0.3) is 0 Å². The first kappa shape index (κ1) is 12.7. The van der Waals surface area contributed by atoms with Crippen LogP contribution in [0.1, 0.15) is 72.8 Å². The quantitative estimate of drug-likeness (QED) is 0.653. The van der Waals surface area contributed by atoms with Crippen LogP contribution in [0.15, 0.2) is 6.07 Å². The lowest BCUT2D eigenvalue weighted by atomic mass is 9.78. The average molecular weight is 230 g/mol. The van der Waals surface area contributed by atoms with Crippen molar-refractivity contribution in [2.24, 2.45) is 0 Å². The molecular weight excluding hydrogens is 204 g/mol. The second kappa shape index (κ2) is 5.25. The van der Waals surface area contributed by atoms with Crippen molar-refractivity contribution in [2.75, 3.05) is 0 Å². The predicted octanol–water partition coefficient (Wildman–Crippen LogP) is 5.22. The van der Waals surface area contributed by atoms with Crippen molar-refractivity contribution in [1.82, 2.24) is 0 Å². The van der Waals surface area contributed by atoms with Crippen LogP contribution in [0.25, 0.3) is 0 Å². The Balaban J connectivity index is 2.46. The second-order valence-corrected chi connectivity index (χ2v) is 5.70. The third-order valence-corrected chi connectivity index (χ3v) is 4.67. The zero-order valence-electron chi connectivity index (χ0n) is 11.9. The highest BCUT2D eigenvalue weighted by Crippen LogP contribution is 2.38. The van der Waals surface area contributed by atoms with Crippen LogP contribution in [-0.2, 0) is 6.42 Å². The van der Waals surface area contributed by atoms with E-state index in [2.05, 4.69) is 33.8 Å². The number of rotatable bonds is 2. The summed E-state index contributed by atoms with van der Waals surface area (Å²) in [6, 6.07) is 2.40. The second-order valence-electron chi connectivity index (χ2n) is 5.70. The molecule has 0 atom stereocenters. The summed E-state index contributed by atoms with van der Waals surface area (Å²) < 4.78 is 0. The number of hydrogen-bond donors (Lipinski definition) is 0. The maximum atomic E-state index is 2.40. The Morgan fingerprint density at radius 1 is 1.00 bits per heavy atom.